The predicted octanol–water partition coefficient (Wildman–Crippen LogP) is 4.10. The zero-order chi connectivity index (χ0) is 22.9. The van der Waals surface area contributed by atoms with Crippen LogP contribution in [0.15, 0.2) is 24.3 Å². The lowest BCUT2D eigenvalue weighted by Gasteiger charge is -2.23. The minimum Gasteiger partial charge on any atom is -0.385 e. The lowest BCUT2D eigenvalue weighted by molar-refractivity contribution is -0.130. The number of ether oxygens (including phenoxy) is 1. The number of nitrogens with zero attached hydrogens (tertiary/aromatic N) is 2. The van der Waals surface area contributed by atoms with Gasteiger partial charge in [-0.3, -0.25) is 14.5 Å². The van der Waals surface area contributed by atoms with Gasteiger partial charge in [-0.1, -0.05) is 29.3 Å². The van der Waals surface area contributed by atoms with E-state index >= 15 is 0 Å². The van der Waals surface area contributed by atoms with Gasteiger partial charge in [0.15, 0.2) is 5.78 Å². The number of urea groups is 1. The first-order valence-electron chi connectivity index (χ1n) is 9.88. The highest BCUT2D eigenvalue weighted by atomic mass is 35.5. The number of rotatable bonds is 8. The van der Waals surface area contributed by atoms with E-state index in [-0.39, 0.29) is 17.4 Å². The number of imide groups is 1. The first-order chi connectivity index (χ1) is 14.6. The highest BCUT2D eigenvalue weighted by Crippen LogP contribution is 2.35. The van der Waals surface area contributed by atoms with E-state index in [1.54, 1.807) is 32.2 Å². The molecule has 1 saturated heterocycles. The van der Waals surface area contributed by atoms with Crippen LogP contribution in [0.4, 0.5) is 4.79 Å². The van der Waals surface area contributed by atoms with Crippen molar-refractivity contribution in [1.29, 1.82) is 0 Å². The Balaban J connectivity index is 1.82. The number of aryl methyl sites for hydroxylation is 1. The summed E-state index contributed by atoms with van der Waals surface area (Å²) in [5, 5.41) is 3.35. The molecule has 3 rings (SSSR count). The molecule has 3 amide bonds. The maximum absolute atomic E-state index is 13.2. The van der Waals surface area contributed by atoms with Crippen molar-refractivity contribution in [3.63, 3.8) is 0 Å². The van der Waals surface area contributed by atoms with Crippen LogP contribution in [0.5, 0.6) is 0 Å². The van der Waals surface area contributed by atoms with E-state index in [2.05, 4.69) is 5.32 Å². The molecule has 1 aromatic carbocycles. The Morgan fingerprint density at radius 2 is 1.90 bits per heavy atom. The summed E-state index contributed by atoms with van der Waals surface area (Å²) in [6, 6.07) is 5.86. The highest BCUT2D eigenvalue weighted by molar-refractivity contribution is 6.35. The van der Waals surface area contributed by atoms with Gasteiger partial charge >= 0.3 is 6.03 Å². The number of hydrogen-bond donors (Lipinski definition) is 1. The van der Waals surface area contributed by atoms with Gasteiger partial charge in [-0.2, -0.15) is 0 Å². The minimum atomic E-state index is -1.38. The zero-order valence-corrected chi connectivity index (χ0v) is 19.4. The molecule has 9 heteroatoms. The zero-order valence-electron chi connectivity index (χ0n) is 17.9. The molecule has 1 unspecified atom stereocenters. The number of hydrogen-bond acceptors (Lipinski definition) is 4. The van der Waals surface area contributed by atoms with Gasteiger partial charge in [-0.25, -0.2) is 4.79 Å². The molecule has 2 heterocycles. The largest absolute Gasteiger partial charge is 0.385 e. The molecule has 2 aromatic rings. The van der Waals surface area contributed by atoms with Crippen LogP contribution in [0.1, 0.15) is 40.7 Å². The summed E-state index contributed by atoms with van der Waals surface area (Å²) in [4.78, 5) is 39.7. The number of methoxy groups -OCH3 is 1. The number of Topliss-reactive ketones (excluding diaryl/α,β-unsaturated/α-hetero) is 1. The van der Waals surface area contributed by atoms with Gasteiger partial charge in [0.1, 0.15) is 5.54 Å². The molecule has 7 nitrogen and oxygen atoms in total. The van der Waals surface area contributed by atoms with Crippen LogP contribution in [-0.4, -0.2) is 47.4 Å². The second-order valence-electron chi connectivity index (χ2n) is 7.78. The quantitative estimate of drug-likeness (QED) is 0.361. The van der Waals surface area contributed by atoms with Crippen molar-refractivity contribution in [3.05, 3.63) is 56.8 Å². The second kappa shape index (κ2) is 9.02. The summed E-state index contributed by atoms with van der Waals surface area (Å²) in [7, 11) is 1.65. The summed E-state index contributed by atoms with van der Waals surface area (Å²) < 4.78 is 7.13. The van der Waals surface area contributed by atoms with Gasteiger partial charge in [0, 0.05) is 52.8 Å². The third-order valence-corrected chi connectivity index (χ3v) is 6.20. The van der Waals surface area contributed by atoms with Crippen molar-refractivity contribution in [3.8, 4) is 0 Å². The molecule has 0 saturated carbocycles. The van der Waals surface area contributed by atoms with Crippen molar-refractivity contribution in [1.82, 2.24) is 14.8 Å². The number of benzene rings is 1. The molecule has 0 aliphatic carbocycles. The van der Waals surface area contributed by atoms with E-state index in [0.29, 0.717) is 22.8 Å². The van der Waals surface area contributed by atoms with Crippen molar-refractivity contribution in [2.45, 2.75) is 39.3 Å². The smallest absolute Gasteiger partial charge is 0.325 e. The monoisotopic (exact) mass is 465 g/mol. The second-order valence-corrected chi connectivity index (χ2v) is 8.62. The third-order valence-electron chi connectivity index (χ3n) is 5.65. The molecular formula is C22H25Cl2N3O4. The molecule has 1 aliphatic rings. The highest BCUT2D eigenvalue weighted by Gasteiger charge is 2.50. The van der Waals surface area contributed by atoms with Crippen LogP contribution in [0, 0.1) is 13.8 Å². The standard InChI is InChI=1S/C22H25Cl2N3O4/c1-13-10-16(14(2)26(13)8-5-9-31-4)19(28)12-27-20(29)22(3,25-21(27)30)17-7-6-15(23)11-18(17)24/h6-7,10-11H,5,8-9,12H2,1-4H3,(H,25,30). The maximum atomic E-state index is 13.2. The number of nitrogens with one attached hydrogen (secondary N) is 1. The number of ketones is 1. The normalized spacial score (nSPS) is 18.6. The average molecular weight is 466 g/mol. The molecule has 31 heavy (non-hydrogen) atoms. The molecule has 1 N–H and O–H groups in total. The Morgan fingerprint density at radius 1 is 1.19 bits per heavy atom. The van der Waals surface area contributed by atoms with Gasteiger partial charge in [0.05, 0.1) is 6.54 Å². The molecule has 0 bridgehead atoms. The summed E-state index contributed by atoms with van der Waals surface area (Å²) in [6.45, 7) is 6.33. The number of amides is 3. The fourth-order valence-electron chi connectivity index (χ4n) is 3.94. The Labute approximate surface area is 191 Å². The van der Waals surface area contributed by atoms with Crippen LogP contribution >= 0.6 is 23.2 Å². The average Bonchev–Trinajstić information content (AvgIpc) is 3.10. The van der Waals surface area contributed by atoms with Crippen LogP contribution in [0.3, 0.4) is 0 Å². The Kier molecular flexibility index (Phi) is 6.79. The molecule has 1 aliphatic heterocycles. The molecule has 1 atom stereocenters. The Morgan fingerprint density at radius 3 is 2.55 bits per heavy atom. The molecule has 166 valence electrons. The first kappa shape index (κ1) is 23.3. The first-order valence-corrected chi connectivity index (χ1v) is 10.6. The summed E-state index contributed by atoms with van der Waals surface area (Å²) in [5.41, 5.74) is 1.27. The van der Waals surface area contributed by atoms with Crippen molar-refractivity contribution < 1.29 is 19.1 Å². The van der Waals surface area contributed by atoms with E-state index in [0.717, 1.165) is 29.3 Å². The van der Waals surface area contributed by atoms with Crippen molar-refractivity contribution in [2.75, 3.05) is 20.3 Å². The fourth-order valence-corrected chi connectivity index (χ4v) is 4.54. The SMILES string of the molecule is COCCCn1c(C)cc(C(=O)CN2C(=O)NC(C)(c3ccc(Cl)cc3Cl)C2=O)c1C. The Bertz CT molecular complexity index is 1050. The molecule has 0 spiro atoms. The molecular weight excluding hydrogens is 441 g/mol. The maximum Gasteiger partial charge on any atom is 0.325 e. The number of carbonyl (C=O) groups excluding carboxylic acids is 3. The lowest BCUT2D eigenvalue weighted by Crippen LogP contribution is -2.41. The van der Waals surface area contributed by atoms with Crippen LogP contribution in [0.25, 0.3) is 0 Å². The molecule has 1 aromatic heterocycles. The summed E-state index contributed by atoms with van der Waals surface area (Å²) in [5.74, 6) is -0.843. The number of carbonyl (C=O) groups is 3. The summed E-state index contributed by atoms with van der Waals surface area (Å²) in [6.07, 6.45) is 0.813. The van der Waals surface area contributed by atoms with Crippen LogP contribution in [0.2, 0.25) is 10.0 Å². The summed E-state index contributed by atoms with van der Waals surface area (Å²) >= 11 is 12.2. The third kappa shape index (κ3) is 4.35. The van der Waals surface area contributed by atoms with E-state index < -0.39 is 17.5 Å². The molecule has 0 radical (unpaired) electrons. The van der Waals surface area contributed by atoms with Gasteiger partial charge in [0.2, 0.25) is 0 Å². The predicted molar refractivity (Wildman–Crippen MR) is 119 cm³/mol. The van der Waals surface area contributed by atoms with E-state index in [1.807, 2.05) is 18.4 Å². The minimum absolute atomic E-state index is 0.261. The Hall–Kier alpha value is -2.35. The van der Waals surface area contributed by atoms with Crippen molar-refractivity contribution >= 4 is 40.9 Å². The van der Waals surface area contributed by atoms with Gasteiger partial charge in [-0.15, -0.1) is 0 Å². The van der Waals surface area contributed by atoms with Gasteiger partial charge in [0.25, 0.3) is 5.91 Å². The number of aromatic nitrogens is 1. The topological polar surface area (TPSA) is 80.6 Å². The van der Waals surface area contributed by atoms with Gasteiger partial charge in [-0.05, 0) is 45.4 Å². The van der Waals surface area contributed by atoms with E-state index in [4.69, 9.17) is 27.9 Å². The lowest BCUT2D eigenvalue weighted by atomic mass is 9.92. The van der Waals surface area contributed by atoms with Crippen LogP contribution < -0.4 is 5.32 Å². The van der Waals surface area contributed by atoms with Gasteiger partial charge < -0.3 is 14.6 Å². The van der Waals surface area contributed by atoms with Crippen molar-refractivity contribution in [2.24, 2.45) is 0 Å². The molecule has 1 fully saturated rings. The van der Waals surface area contributed by atoms with E-state index in [1.165, 1.54) is 6.07 Å². The van der Waals surface area contributed by atoms with E-state index in [9.17, 15) is 14.4 Å². The van der Waals surface area contributed by atoms with Crippen LogP contribution in [-0.2, 0) is 21.6 Å². The fraction of sp³-hybridized carbons (Fsp3) is 0.409. The number of halogens is 2.